The number of alkyl halides is 6. The van der Waals surface area contributed by atoms with E-state index < -0.39 is 67.0 Å². The summed E-state index contributed by atoms with van der Waals surface area (Å²) in [5.74, 6) is -2.77. The number of nitrogens with one attached hydrogen (secondary N) is 2. The molecule has 0 saturated heterocycles. The van der Waals surface area contributed by atoms with Gasteiger partial charge in [0.2, 0.25) is 10.0 Å². The minimum absolute atomic E-state index is 0.314. The molecule has 0 spiro atoms. The molecule has 172 valence electrons. The molecule has 0 aliphatic rings. The van der Waals surface area contributed by atoms with Gasteiger partial charge < -0.3 is 9.88 Å². The van der Waals surface area contributed by atoms with Gasteiger partial charge in [-0.3, -0.25) is 4.79 Å². The largest absolute Gasteiger partial charge is 0.419 e. The first-order chi connectivity index (χ1) is 13.9. The summed E-state index contributed by atoms with van der Waals surface area (Å²) in [7, 11) is -3.68. The van der Waals surface area contributed by atoms with E-state index in [-0.39, 0.29) is 0 Å². The normalized spacial score (nSPS) is 13.9. The highest BCUT2D eigenvalue weighted by atomic mass is 35.5. The number of hydrogen-bond acceptors (Lipinski definition) is 3. The van der Waals surface area contributed by atoms with Crippen LogP contribution in [-0.2, 0) is 23.2 Å². The third kappa shape index (κ3) is 5.49. The lowest BCUT2D eigenvalue weighted by Crippen LogP contribution is -2.42. The van der Waals surface area contributed by atoms with Gasteiger partial charge in [0.25, 0.3) is 5.91 Å². The van der Waals surface area contributed by atoms with Crippen LogP contribution in [0.2, 0.25) is 5.02 Å². The molecule has 0 aliphatic heterocycles. The molecule has 0 saturated carbocycles. The number of hydrogen-bond donors (Lipinski definition) is 2. The van der Waals surface area contributed by atoms with E-state index in [0.29, 0.717) is 19.1 Å². The minimum atomic E-state index is -5.05. The van der Waals surface area contributed by atoms with E-state index in [2.05, 4.69) is 0 Å². The quantitative estimate of drug-likeness (QED) is 0.606. The van der Waals surface area contributed by atoms with Crippen LogP contribution >= 0.6 is 11.6 Å². The number of carbonyl (C=O) groups is 1. The maximum absolute atomic E-state index is 13.4. The van der Waals surface area contributed by atoms with Crippen LogP contribution in [0.15, 0.2) is 29.3 Å². The van der Waals surface area contributed by atoms with Crippen molar-refractivity contribution in [1.82, 2.24) is 9.29 Å². The number of carbonyl (C=O) groups excluding carboxylic acids is 1. The van der Waals surface area contributed by atoms with Gasteiger partial charge in [0.1, 0.15) is 22.4 Å². The molecule has 6 nitrogen and oxygen atoms in total. The number of amides is 1. The van der Waals surface area contributed by atoms with Crippen molar-refractivity contribution in [3.05, 3.63) is 46.5 Å². The average molecular weight is 496 g/mol. The van der Waals surface area contributed by atoms with Crippen LogP contribution in [0.1, 0.15) is 23.0 Å². The Kier molecular flexibility index (Phi) is 6.69. The molecule has 31 heavy (non-hydrogen) atoms. The van der Waals surface area contributed by atoms with Gasteiger partial charge in [-0.2, -0.15) is 31.1 Å². The van der Waals surface area contributed by atoms with E-state index >= 15 is 0 Å². The second-order valence-electron chi connectivity index (χ2n) is 6.30. The van der Waals surface area contributed by atoms with E-state index in [1.165, 1.54) is 4.72 Å². The van der Waals surface area contributed by atoms with E-state index in [1.54, 1.807) is 0 Å². The molecule has 1 aromatic carbocycles. The highest BCUT2D eigenvalue weighted by Gasteiger charge is 2.40. The summed E-state index contributed by atoms with van der Waals surface area (Å²) in [6, 6.07) is -0.868. The van der Waals surface area contributed by atoms with Crippen molar-refractivity contribution < 1.29 is 43.9 Å². The Bertz CT molecular complexity index is 1110. The standard InChI is InChI=1S/C16H13ClF7N3O3S/c1-7(15(19,20)21)26-31(29,30)11-6-27(2)13(12(11)17)14(28)25-8-3-4-10(18)9(5-8)16(22,23)24/h3-7,26H,1-2H3,(H,25,28)/t7-/m1/s1. The van der Waals surface area contributed by atoms with E-state index in [4.69, 9.17) is 11.6 Å². The lowest BCUT2D eigenvalue weighted by Gasteiger charge is -2.16. The fraction of sp³-hybridized carbons (Fsp3) is 0.312. The van der Waals surface area contributed by atoms with Crippen molar-refractivity contribution in [3.63, 3.8) is 0 Å². The maximum Gasteiger partial charge on any atom is 0.419 e. The Balaban J connectivity index is 2.37. The summed E-state index contributed by atoms with van der Waals surface area (Å²) in [5, 5.41) is 1.24. The lowest BCUT2D eigenvalue weighted by molar-refractivity contribution is -0.147. The summed E-state index contributed by atoms with van der Waals surface area (Å²) in [6.45, 7) is 0.550. The first-order valence-corrected chi connectivity index (χ1v) is 9.93. The first kappa shape index (κ1) is 24.9. The van der Waals surface area contributed by atoms with Gasteiger partial charge in [0.15, 0.2) is 0 Å². The highest BCUT2D eigenvalue weighted by molar-refractivity contribution is 7.89. The average Bonchev–Trinajstić information content (AvgIpc) is 2.89. The predicted octanol–water partition coefficient (Wildman–Crippen LogP) is 4.32. The Morgan fingerprint density at radius 3 is 2.26 bits per heavy atom. The Hall–Kier alpha value is -2.32. The first-order valence-electron chi connectivity index (χ1n) is 8.07. The number of nitrogens with zero attached hydrogens (tertiary/aromatic N) is 1. The fourth-order valence-electron chi connectivity index (χ4n) is 2.39. The summed E-state index contributed by atoms with van der Waals surface area (Å²) in [5.41, 5.74) is -2.71. The Labute approximate surface area is 176 Å². The topological polar surface area (TPSA) is 80.2 Å². The smallest absolute Gasteiger partial charge is 0.344 e. The van der Waals surface area contributed by atoms with Gasteiger partial charge >= 0.3 is 12.4 Å². The SMILES string of the molecule is C[C@@H](NS(=O)(=O)c1cn(C)c(C(=O)Nc2ccc(F)c(C(F)(F)F)c2)c1Cl)C(F)(F)F. The molecular weight excluding hydrogens is 483 g/mol. The van der Waals surface area contributed by atoms with Crippen molar-refractivity contribution in [3.8, 4) is 0 Å². The molecule has 0 unspecified atom stereocenters. The molecule has 1 atom stereocenters. The molecule has 2 aromatic rings. The molecule has 2 rings (SSSR count). The number of rotatable bonds is 5. The number of sulfonamides is 1. The third-order valence-corrected chi connectivity index (χ3v) is 5.99. The van der Waals surface area contributed by atoms with Gasteiger partial charge in [-0.15, -0.1) is 0 Å². The van der Waals surface area contributed by atoms with Gasteiger partial charge in [0.05, 0.1) is 10.6 Å². The second-order valence-corrected chi connectivity index (χ2v) is 8.36. The van der Waals surface area contributed by atoms with Crippen LogP contribution in [0.25, 0.3) is 0 Å². The van der Waals surface area contributed by atoms with Crippen LogP contribution in [-0.4, -0.2) is 31.1 Å². The third-order valence-electron chi connectivity index (χ3n) is 3.94. The van der Waals surface area contributed by atoms with Crippen molar-refractivity contribution in [1.29, 1.82) is 0 Å². The molecule has 0 radical (unpaired) electrons. The summed E-state index contributed by atoms with van der Waals surface area (Å²) >= 11 is 5.88. The Morgan fingerprint density at radius 2 is 1.74 bits per heavy atom. The van der Waals surface area contributed by atoms with Crippen LogP contribution in [0.5, 0.6) is 0 Å². The molecule has 0 bridgehead atoms. The fourth-order valence-corrected chi connectivity index (χ4v) is 4.32. The molecule has 0 fully saturated rings. The molecule has 1 aromatic heterocycles. The van der Waals surface area contributed by atoms with Crippen molar-refractivity contribution in [2.24, 2.45) is 7.05 Å². The van der Waals surface area contributed by atoms with Crippen LogP contribution in [0.3, 0.4) is 0 Å². The second kappa shape index (κ2) is 8.31. The number of anilines is 1. The van der Waals surface area contributed by atoms with Crippen molar-refractivity contribution >= 4 is 33.2 Å². The van der Waals surface area contributed by atoms with Crippen LogP contribution in [0, 0.1) is 5.82 Å². The van der Waals surface area contributed by atoms with Gasteiger partial charge in [-0.1, -0.05) is 11.6 Å². The van der Waals surface area contributed by atoms with Crippen molar-refractivity contribution in [2.45, 2.75) is 30.2 Å². The van der Waals surface area contributed by atoms with E-state index in [0.717, 1.165) is 23.9 Å². The van der Waals surface area contributed by atoms with Gasteiger partial charge in [0, 0.05) is 18.9 Å². The summed E-state index contributed by atoms with van der Waals surface area (Å²) < 4.78 is 116. The lowest BCUT2D eigenvalue weighted by atomic mass is 10.1. The number of aryl methyl sites for hydroxylation is 1. The highest BCUT2D eigenvalue weighted by Crippen LogP contribution is 2.34. The van der Waals surface area contributed by atoms with Crippen LogP contribution < -0.4 is 10.0 Å². The zero-order chi connectivity index (χ0) is 23.9. The van der Waals surface area contributed by atoms with E-state index in [1.807, 2.05) is 5.32 Å². The molecular formula is C16H13ClF7N3O3S. The zero-order valence-corrected chi connectivity index (χ0v) is 17.1. The molecule has 1 heterocycles. The minimum Gasteiger partial charge on any atom is -0.344 e. The monoisotopic (exact) mass is 495 g/mol. The Morgan fingerprint density at radius 1 is 1.16 bits per heavy atom. The number of halogens is 8. The van der Waals surface area contributed by atoms with Crippen LogP contribution in [0.4, 0.5) is 36.4 Å². The summed E-state index contributed by atoms with van der Waals surface area (Å²) in [6.07, 6.45) is -9.18. The maximum atomic E-state index is 13.4. The van der Waals surface area contributed by atoms with Gasteiger partial charge in [-0.25, -0.2) is 12.8 Å². The molecule has 1 amide bonds. The number of benzene rings is 1. The predicted molar refractivity (Wildman–Crippen MR) is 95.6 cm³/mol. The zero-order valence-electron chi connectivity index (χ0n) is 15.5. The number of aromatic nitrogens is 1. The molecule has 15 heteroatoms. The van der Waals surface area contributed by atoms with Crippen molar-refractivity contribution in [2.75, 3.05) is 5.32 Å². The van der Waals surface area contributed by atoms with Gasteiger partial charge in [-0.05, 0) is 25.1 Å². The molecule has 2 N–H and O–H groups in total. The molecule has 0 aliphatic carbocycles. The summed E-state index contributed by atoms with van der Waals surface area (Å²) in [4.78, 5) is 11.6. The van der Waals surface area contributed by atoms with E-state index in [9.17, 15) is 43.9 Å².